The van der Waals surface area contributed by atoms with Crippen LogP contribution in [0.4, 0.5) is 5.69 Å². The zero-order valence-corrected chi connectivity index (χ0v) is 10.9. The van der Waals surface area contributed by atoms with Crippen molar-refractivity contribution in [3.05, 3.63) is 30.6 Å². The third-order valence-electron chi connectivity index (χ3n) is 2.98. The molecule has 0 saturated carbocycles. The molecular weight excluding hydrogens is 238 g/mol. The van der Waals surface area contributed by atoms with Crippen LogP contribution in [0.15, 0.2) is 25.0 Å². The number of hydrogen-bond donors (Lipinski definition) is 2. The summed E-state index contributed by atoms with van der Waals surface area (Å²) in [4.78, 5) is 4.39. The van der Waals surface area contributed by atoms with E-state index in [1.807, 2.05) is 6.92 Å². The Morgan fingerprint density at radius 3 is 3.00 bits per heavy atom. The monoisotopic (exact) mass is 255 g/mol. The van der Waals surface area contributed by atoms with Gasteiger partial charge in [-0.2, -0.15) is 5.10 Å². The molecule has 0 spiro atoms. The van der Waals surface area contributed by atoms with E-state index < -0.39 is 0 Å². The number of anilines is 1. The minimum Gasteiger partial charge on any atom is -0.398 e. The molecular formula is C14H17N5. The molecule has 0 amide bonds. The summed E-state index contributed by atoms with van der Waals surface area (Å²) in [7, 11) is 0. The van der Waals surface area contributed by atoms with Gasteiger partial charge in [-0.15, -0.1) is 18.4 Å². The van der Waals surface area contributed by atoms with Crippen LogP contribution in [0.5, 0.6) is 0 Å². The molecule has 0 saturated heterocycles. The molecule has 0 aliphatic rings. The third-order valence-corrected chi connectivity index (χ3v) is 2.98. The summed E-state index contributed by atoms with van der Waals surface area (Å²) in [6, 6.07) is -0.314. The number of fused-ring (bicyclic) bond motifs is 1. The van der Waals surface area contributed by atoms with Crippen LogP contribution < -0.4 is 11.5 Å². The standard InChI is InChI=1S/C14H17N5/c1-3-5-6-7-19-14-11(9-18-19)13(16)10(8-17-14)12(15)4-2/h4,8-9,12H,2,6-7,15H2,1H3,(H2,16,17). The molecule has 0 fully saturated rings. The van der Waals surface area contributed by atoms with Crippen molar-refractivity contribution >= 4 is 16.7 Å². The van der Waals surface area contributed by atoms with E-state index in [9.17, 15) is 0 Å². The summed E-state index contributed by atoms with van der Waals surface area (Å²) >= 11 is 0. The molecule has 2 aromatic heterocycles. The molecule has 0 aliphatic carbocycles. The van der Waals surface area contributed by atoms with Crippen LogP contribution >= 0.6 is 0 Å². The van der Waals surface area contributed by atoms with Crippen LogP contribution in [-0.2, 0) is 6.54 Å². The Kier molecular flexibility index (Phi) is 3.83. The highest BCUT2D eigenvalue weighted by Crippen LogP contribution is 2.26. The largest absolute Gasteiger partial charge is 0.398 e. The normalized spacial score (nSPS) is 11.9. The van der Waals surface area contributed by atoms with Crippen molar-refractivity contribution in [2.24, 2.45) is 5.73 Å². The Morgan fingerprint density at radius 2 is 2.32 bits per heavy atom. The molecule has 98 valence electrons. The second-order valence-corrected chi connectivity index (χ2v) is 4.17. The van der Waals surface area contributed by atoms with Gasteiger partial charge in [-0.25, -0.2) is 9.67 Å². The number of pyridine rings is 1. The van der Waals surface area contributed by atoms with Crippen molar-refractivity contribution in [1.82, 2.24) is 14.8 Å². The molecule has 4 N–H and O–H groups in total. The van der Waals surface area contributed by atoms with Gasteiger partial charge in [0, 0.05) is 18.2 Å². The molecule has 19 heavy (non-hydrogen) atoms. The van der Waals surface area contributed by atoms with Gasteiger partial charge >= 0.3 is 0 Å². The van der Waals surface area contributed by atoms with Gasteiger partial charge in [-0.05, 0) is 6.92 Å². The van der Waals surface area contributed by atoms with Crippen LogP contribution in [0, 0.1) is 11.8 Å². The number of aromatic nitrogens is 3. The number of hydrogen-bond acceptors (Lipinski definition) is 4. The lowest BCUT2D eigenvalue weighted by Crippen LogP contribution is -2.10. The van der Waals surface area contributed by atoms with Crippen LogP contribution in [0.1, 0.15) is 24.9 Å². The second-order valence-electron chi connectivity index (χ2n) is 4.17. The van der Waals surface area contributed by atoms with Crippen LogP contribution in [0.25, 0.3) is 11.0 Å². The van der Waals surface area contributed by atoms with Crippen molar-refractivity contribution in [1.29, 1.82) is 0 Å². The highest BCUT2D eigenvalue weighted by atomic mass is 15.3. The van der Waals surface area contributed by atoms with Gasteiger partial charge < -0.3 is 11.5 Å². The van der Waals surface area contributed by atoms with Crippen molar-refractivity contribution in [2.45, 2.75) is 25.9 Å². The average Bonchev–Trinajstić information content (AvgIpc) is 2.83. The number of nitrogens with zero attached hydrogens (tertiary/aromatic N) is 3. The molecule has 2 aromatic rings. The number of aryl methyl sites for hydroxylation is 1. The predicted octanol–water partition coefficient (Wildman–Crippen LogP) is 1.61. The molecule has 0 aliphatic heterocycles. The topological polar surface area (TPSA) is 82.8 Å². The minimum atomic E-state index is -0.314. The lowest BCUT2D eigenvalue weighted by atomic mass is 10.1. The first-order valence-corrected chi connectivity index (χ1v) is 6.06. The maximum Gasteiger partial charge on any atom is 0.159 e. The van der Waals surface area contributed by atoms with E-state index in [1.54, 1.807) is 23.2 Å². The lowest BCUT2D eigenvalue weighted by Gasteiger charge is -2.10. The predicted molar refractivity (Wildman–Crippen MR) is 77.1 cm³/mol. The van der Waals surface area contributed by atoms with E-state index in [1.165, 1.54) is 0 Å². The van der Waals surface area contributed by atoms with Gasteiger partial charge in [-0.1, -0.05) is 6.08 Å². The molecule has 5 heteroatoms. The molecule has 1 unspecified atom stereocenters. The number of nitrogens with two attached hydrogens (primary N) is 2. The first-order valence-electron chi connectivity index (χ1n) is 6.06. The van der Waals surface area contributed by atoms with Gasteiger partial charge in [0.2, 0.25) is 0 Å². The van der Waals surface area contributed by atoms with E-state index in [2.05, 4.69) is 28.5 Å². The highest BCUT2D eigenvalue weighted by Gasteiger charge is 2.13. The Hall–Kier alpha value is -2.32. The van der Waals surface area contributed by atoms with Crippen molar-refractivity contribution in [3.8, 4) is 11.8 Å². The second kappa shape index (κ2) is 5.55. The van der Waals surface area contributed by atoms with Gasteiger partial charge in [0.25, 0.3) is 0 Å². The average molecular weight is 255 g/mol. The van der Waals surface area contributed by atoms with Crippen molar-refractivity contribution in [3.63, 3.8) is 0 Å². The maximum atomic E-state index is 6.11. The summed E-state index contributed by atoms with van der Waals surface area (Å²) in [5.74, 6) is 5.86. The highest BCUT2D eigenvalue weighted by molar-refractivity contribution is 5.89. The summed E-state index contributed by atoms with van der Waals surface area (Å²) < 4.78 is 1.80. The molecule has 0 aromatic carbocycles. The molecule has 5 nitrogen and oxygen atoms in total. The number of nitrogen functional groups attached to an aromatic ring is 1. The fourth-order valence-corrected chi connectivity index (χ4v) is 1.90. The summed E-state index contributed by atoms with van der Waals surface area (Å²) in [5.41, 5.74) is 14.2. The summed E-state index contributed by atoms with van der Waals surface area (Å²) in [5, 5.41) is 5.11. The molecule has 1 atom stereocenters. The van der Waals surface area contributed by atoms with E-state index in [4.69, 9.17) is 11.5 Å². The van der Waals surface area contributed by atoms with Crippen LogP contribution in [0.2, 0.25) is 0 Å². The molecule has 0 bridgehead atoms. The van der Waals surface area contributed by atoms with Crippen molar-refractivity contribution < 1.29 is 0 Å². The zero-order valence-electron chi connectivity index (χ0n) is 10.9. The smallest absolute Gasteiger partial charge is 0.159 e. The van der Waals surface area contributed by atoms with E-state index in [0.29, 0.717) is 12.2 Å². The van der Waals surface area contributed by atoms with E-state index in [0.717, 1.165) is 23.0 Å². The maximum absolute atomic E-state index is 6.11. The van der Waals surface area contributed by atoms with Crippen LogP contribution in [-0.4, -0.2) is 14.8 Å². The Morgan fingerprint density at radius 1 is 1.53 bits per heavy atom. The first-order chi connectivity index (χ1) is 9.19. The van der Waals surface area contributed by atoms with Gasteiger partial charge in [-0.3, -0.25) is 0 Å². The molecule has 0 radical (unpaired) electrons. The van der Waals surface area contributed by atoms with Gasteiger partial charge in [0.05, 0.1) is 29.9 Å². The van der Waals surface area contributed by atoms with Crippen LogP contribution in [0.3, 0.4) is 0 Å². The fraction of sp³-hybridized carbons (Fsp3) is 0.286. The number of rotatable bonds is 4. The quantitative estimate of drug-likeness (QED) is 0.642. The van der Waals surface area contributed by atoms with E-state index in [-0.39, 0.29) is 6.04 Å². The van der Waals surface area contributed by atoms with Gasteiger partial charge in [0.15, 0.2) is 5.65 Å². The fourth-order valence-electron chi connectivity index (χ4n) is 1.90. The Bertz CT molecular complexity index is 660. The Labute approximate surface area is 112 Å². The van der Waals surface area contributed by atoms with E-state index >= 15 is 0 Å². The van der Waals surface area contributed by atoms with Crippen molar-refractivity contribution in [2.75, 3.05) is 5.73 Å². The summed E-state index contributed by atoms with van der Waals surface area (Å²) in [6.07, 6.45) is 5.79. The van der Waals surface area contributed by atoms with Gasteiger partial charge in [0.1, 0.15) is 0 Å². The molecule has 2 heterocycles. The zero-order chi connectivity index (χ0) is 13.8. The SMILES string of the molecule is C=CC(N)c1cnc2c(cnn2CCC#CC)c1N. The third kappa shape index (κ3) is 2.44. The summed E-state index contributed by atoms with van der Waals surface area (Å²) in [6.45, 7) is 6.19. The minimum absolute atomic E-state index is 0.314. The Balaban J connectivity index is 2.42. The first kappa shape index (κ1) is 13.1. The lowest BCUT2D eigenvalue weighted by molar-refractivity contribution is 0.645. The molecule has 2 rings (SSSR count).